The molecular formula is C24H32N4O2S. The average molecular weight is 441 g/mol. The number of guanidine groups is 1. The van der Waals surface area contributed by atoms with Gasteiger partial charge in [-0.2, -0.15) is 0 Å². The van der Waals surface area contributed by atoms with Gasteiger partial charge in [-0.25, -0.2) is 4.99 Å². The van der Waals surface area contributed by atoms with Crippen LogP contribution in [0, 0.1) is 11.8 Å². The van der Waals surface area contributed by atoms with E-state index in [9.17, 15) is 0 Å². The van der Waals surface area contributed by atoms with Gasteiger partial charge in [0.05, 0.1) is 12.2 Å². The minimum absolute atomic E-state index is 0.285. The Balaban J connectivity index is 1.46. The summed E-state index contributed by atoms with van der Waals surface area (Å²) in [5, 5.41) is 7.11. The fourth-order valence-corrected chi connectivity index (χ4v) is 4.82. The highest BCUT2D eigenvalue weighted by Gasteiger charge is 2.21. The third-order valence-electron chi connectivity index (χ3n) is 6.00. The van der Waals surface area contributed by atoms with Crippen LogP contribution in [0.25, 0.3) is 0 Å². The van der Waals surface area contributed by atoms with Gasteiger partial charge in [-0.15, -0.1) is 11.8 Å². The van der Waals surface area contributed by atoms with Gasteiger partial charge in [0.2, 0.25) is 6.79 Å². The molecule has 0 amide bonds. The number of anilines is 1. The van der Waals surface area contributed by atoms with Crippen molar-refractivity contribution in [3.05, 3.63) is 48.0 Å². The fourth-order valence-electron chi connectivity index (χ4n) is 4.27. The molecule has 1 aliphatic carbocycles. The van der Waals surface area contributed by atoms with Crippen molar-refractivity contribution < 1.29 is 9.47 Å². The Morgan fingerprint density at radius 1 is 1.13 bits per heavy atom. The van der Waals surface area contributed by atoms with Crippen LogP contribution in [-0.2, 0) is 6.54 Å². The quantitative estimate of drug-likeness (QED) is 0.335. The van der Waals surface area contributed by atoms with Gasteiger partial charge in [0, 0.05) is 11.4 Å². The number of nitrogens with one attached hydrogen (secondary N) is 2. The van der Waals surface area contributed by atoms with E-state index in [1.807, 2.05) is 24.3 Å². The van der Waals surface area contributed by atoms with E-state index in [1.165, 1.54) is 30.6 Å². The Labute approximate surface area is 189 Å². The zero-order chi connectivity index (χ0) is 21.5. The topological polar surface area (TPSA) is 80.9 Å². The Morgan fingerprint density at radius 2 is 1.97 bits per heavy atom. The molecule has 31 heavy (non-hydrogen) atoms. The van der Waals surface area contributed by atoms with Gasteiger partial charge < -0.3 is 25.8 Å². The molecule has 0 saturated heterocycles. The molecule has 0 bridgehead atoms. The van der Waals surface area contributed by atoms with E-state index in [-0.39, 0.29) is 6.79 Å². The van der Waals surface area contributed by atoms with Gasteiger partial charge in [-0.1, -0.05) is 24.6 Å². The van der Waals surface area contributed by atoms with Crippen LogP contribution in [0.2, 0.25) is 0 Å². The van der Waals surface area contributed by atoms with Crippen LogP contribution in [0.1, 0.15) is 31.2 Å². The zero-order valence-electron chi connectivity index (χ0n) is 18.1. The van der Waals surface area contributed by atoms with Gasteiger partial charge in [-0.3, -0.25) is 0 Å². The molecule has 1 aliphatic heterocycles. The Kier molecular flexibility index (Phi) is 7.59. The lowest BCUT2D eigenvalue weighted by Crippen LogP contribution is -2.37. The molecule has 0 radical (unpaired) electrons. The van der Waals surface area contributed by atoms with Crippen molar-refractivity contribution in [3.8, 4) is 11.5 Å². The second kappa shape index (κ2) is 10.8. The summed E-state index contributed by atoms with van der Waals surface area (Å²) in [5.41, 5.74) is 8.08. The second-order valence-electron chi connectivity index (χ2n) is 8.19. The van der Waals surface area contributed by atoms with Crippen molar-refractivity contribution in [1.29, 1.82) is 0 Å². The first kappa shape index (κ1) is 21.8. The summed E-state index contributed by atoms with van der Waals surface area (Å²) in [6.07, 6.45) is 7.06. The molecule has 7 heteroatoms. The molecule has 1 saturated carbocycles. The molecule has 1 heterocycles. The van der Waals surface area contributed by atoms with Crippen molar-refractivity contribution in [2.75, 3.05) is 31.5 Å². The number of hydrogen-bond donors (Lipinski definition) is 3. The lowest BCUT2D eigenvalue weighted by atomic mass is 9.81. The summed E-state index contributed by atoms with van der Waals surface area (Å²) in [5.74, 6) is 3.67. The van der Waals surface area contributed by atoms with Crippen LogP contribution in [0.5, 0.6) is 11.5 Å². The van der Waals surface area contributed by atoms with E-state index in [4.69, 9.17) is 20.2 Å². The Bertz CT molecular complexity index is 905. The first-order valence-corrected chi connectivity index (χ1v) is 12.2. The van der Waals surface area contributed by atoms with E-state index in [2.05, 4.69) is 35.1 Å². The van der Waals surface area contributed by atoms with Crippen LogP contribution in [-0.4, -0.2) is 32.1 Å². The standard InChI is InChI=1S/C24H32N4O2S/c1-31-23-8-3-2-7-20(23)28-24(26-14-18-6-4-5-17(11-18)13-25)27-15-19-9-10-21-22(12-19)30-16-29-21/h2-3,7-10,12,17-18H,4-6,11,13-16,25H2,1H3,(H2,26,27,28). The predicted molar refractivity (Wildman–Crippen MR) is 128 cm³/mol. The summed E-state index contributed by atoms with van der Waals surface area (Å²) in [4.78, 5) is 6.07. The molecule has 2 aliphatic rings. The Morgan fingerprint density at radius 3 is 2.84 bits per heavy atom. The zero-order valence-corrected chi connectivity index (χ0v) is 18.9. The molecule has 4 N–H and O–H groups in total. The van der Waals surface area contributed by atoms with E-state index >= 15 is 0 Å². The number of ether oxygens (including phenoxy) is 2. The highest BCUT2D eigenvalue weighted by Crippen LogP contribution is 2.33. The number of rotatable bonds is 7. The van der Waals surface area contributed by atoms with Crippen LogP contribution in [0.15, 0.2) is 52.4 Å². The lowest BCUT2D eigenvalue weighted by Gasteiger charge is -2.29. The molecule has 166 valence electrons. The largest absolute Gasteiger partial charge is 0.454 e. The summed E-state index contributed by atoms with van der Waals surface area (Å²) in [6.45, 7) is 2.54. The Hall–Kier alpha value is -2.38. The van der Waals surface area contributed by atoms with Gasteiger partial charge in [-0.05, 0) is 73.7 Å². The summed E-state index contributed by atoms with van der Waals surface area (Å²) in [6, 6.07) is 14.3. The van der Waals surface area contributed by atoms with Crippen LogP contribution in [0.4, 0.5) is 5.69 Å². The maximum Gasteiger partial charge on any atom is 0.231 e. The van der Waals surface area contributed by atoms with E-state index in [1.54, 1.807) is 11.8 Å². The van der Waals surface area contributed by atoms with Crippen LogP contribution >= 0.6 is 11.8 Å². The first-order chi connectivity index (χ1) is 15.2. The highest BCUT2D eigenvalue weighted by molar-refractivity contribution is 7.98. The molecule has 0 spiro atoms. The predicted octanol–water partition coefficient (Wildman–Crippen LogP) is 4.46. The number of thioether (sulfide) groups is 1. The second-order valence-corrected chi connectivity index (χ2v) is 9.04. The van der Waals surface area contributed by atoms with Gasteiger partial charge in [0.15, 0.2) is 17.5 Å². The third-order valence-corrected chi connectivity index (χ3v) is 6.80. The lowest BCUT2D eigenvalue weighted by molar-refractivity contribution is 0.174. The normalized spacial score (nSPS) is 20.5. The maximum atomic E-state index is 5.93. The average Bonchev–Trinajstić information content (AvgIpc) is 3.29. The molecule has 4 rings (SSSR count). The van der Waals surface area contributed by atoms with Gasteiger partial charge in [0.25, 0.3) is 0 Å². The van der Waals surface area contributed by atoms with E-state index in [0.717, 1.165) is 41.8 Å². The van der Waals surface area contributed by atoms with Gasteiger partial charge >= 0.3 is 0 Å². The monoisotopic (exact) mass is 440 g/mol. The molecule has 2 unspecified atom stereocenters. The van der Waals surface area contributed by atoms with Crippen molar-refractivity contribution in [2.45, 2.75) is 37.1 Å². The minimum Gasteiger partial charge on any atom is -0.454 e. The third kappa shape index (κ3) is 5.86. The van der Waals surface area contributed by atoms with Gasteiger partial charge in [0.1, 0.15) is 0 Å². The highest BCUT2D eigenvalue weighted by atomic mass is 32.2. The number of hydrogen-bond acceptors (Lipinski definition) is 5. The number of benzene rings is 2. The molecular weight excluding hydrogens is 408 g/mol. The first-order valence-electron chi connectivity index (χ1n) is 11.0. The fraction of sp³-hybridized carbons (Fsp3) is 0.458. The van der Waals surface area contributed by atoms with Crippen LogP contribution in [0.3, 0.4) is 0 Å². The van der Waals surface area contributed by atoms with E-state index < -0.39 is 0 Å². The van der Waals surface area contributed by atoms with Crippen molar-refractivity contribution in [2.24, 2.45) is 22.6 Å². The molecule has 2 aromatic carbocycles. The van der Waals surface area contributed by atoms with E-state index in [0.29, 0.717) is 18.4 Å². The molecule has 2 aromatic rings. The molecule has 2 atom stereocenters. The number of nitrogens with two attached hydrogens (primary N) is 1. The SMILES string of the molecule is CSc1ccccc1NC(=NCc1ccc2c(c1)OCO2)NCC1CCCC(CN)C1. The number of nitrogens with zero attached hydrogens (tertiary/aromatic N) is 1. The molecule has 0 aromatic heterocycles. The summed E-state index contributed by atoms with van der Waals surface area (Å²) >= 11 is 1.73. The maximum absolute atomic E-state index is 5.93. The van der Waals surface area contributed by atoms with Crippen LogP contribution < -0.4 is 25.8 Å². The summed E-state index contributed by atoms with van der Waals surface area (Å²) in [7, 11) is 0. The molecule has 1 fully saturated rings. The van der Waals surface area contributed by atoms with Crippen molar-refractivity contribution in [3.63, 3.8) is 0 Å². The smallest absolute Gasteiger partial charge is 0.231 e. The number of aliphatic imine (C=N–C) groups is 1. The summed E-state index contributed by atoms with van der Waals surface area (Å²) < 4.78 is 10.9. The van der Waals surface area contributed by atoms with Crippen molar-refractivity contribution >= 4 is 23.4 Å². The molecule has 6 nitrogen and oxygen atoms in total. The number of para-hydroxylation sites is 1. The number of fused-ring (bicyclic) bond motifs is 1. The minimum atomic E-state index is 0.285. The van der Waals surface area contributed by atoms with Crippen molar-refractivity contribution in [1.82, 2.24) is 5.32 Å².